The highest BCUT2D eigenvalue weighted by atomic mass is 19.1. The van der Waals surface area contributed by atoms with Crippen molar-refractivity contribution in [2.45, 2.75) is 25.7 Å². The van der Waals surface area contributed by atoms with Crippen LogP contribution in [0.1, 0.15) is 42.0 Å². The topological polar surface area (TPSA) is 144 Å². The number of halogens is 1. The summed E-state index contributed by atoms with van der Waals surface area (Å²) >= 11 is 0. The van der Waals surface area contributed by atoms with E-state index in [-0.39, 0.29) is 23.8 Å². The Bertz CT molecular complexity index is 1550. The largest absolute Gasteiger partial charge is 0.481 e. The van der Waals surface area contributed by atoms with E-state index in [1.54, 1.807) is 30.3 Å². The molecule has 9 heteroatoms. The van der Waals surface area contributed by atoms with Gasteiger partial charge in [0.2, 0.25) is 5.88 Å². The van der Waals surface area contributed by atoms with Crippen LogP contribution in [-0.4, -0.2) is 28.8 Å². The fourth-order valence-electron chi connectivity index (χ4n) is 4.47. The van der Waals surface area contributed by atoms with Gasteiger partial charge in [-0.05, 0) is 48.5 Å². The zero-order chi connectivity index (χ0) is 26.2. The Kier molecular flexibility index (Phi) is 6.21. The minimum Gasteiger partial charge on any atom is -0.481 e. The molecule has 1 amide bonds. The molecule has 36 heavy (non-hydrogen) atoms. The van der Waals surface area contributed by atoms with Crippen molar-refractivity contribution < 1.29 is 13.9 Å². The number of benzene rings is 2. The van der Waals surface area contributed by atoms with Gasteiger partial charge in [-0.2, -0.15) is 5.26 Å². The highest BCUT2D eigenvalue weighted by molar-refractivity contribution is 6.05. The molecule has 0 aliphatic carbocycles. The third-order valence-electron chi connectivity index (χ3n) is 6.15. The first-order chi connectivity index (χ1) is 17.1. The van der Waals surface area contributed by atoms with E-state index >= 15 is 0 Å². The van der Waals surface area contributed by atoms with Gasteiger partial charge in [-0.15, -0.1) is 0 Å². The number of nitrogens with zero attached hydrogens (tertiary/aromatic N) is 3. The Balaban J connectivity index is 2.25. The lowest BCUT2D eigenvalue weighted by atomic mass is 9.82. The number of methoxy groups -OCH3 is 1. The maximum atomic E-state index is 13.9. The lowest BCUT2D eigenvalue weighted by Gasteiger charge is -2.27. The van der Waals surface area contributed by atoms with Gasteiger partial charge in [-0.1, -0.05) is 13.8 Å². The number of anilines is 1. The number of carbonyl (C=O) groups is 1. The fraction of sp³-hybridized carbons (Fsp3) is 0.185. The predicted octanol–water partition coefficient (Wildman–Crippen LogP) is 4.71. The number of hydrogen-bond donors (Lipinski definition) is 3. The van der Waals surface area contributed by atoms with Gasteiger partial charge in [0.05, 0.1) is 18.7 Å². The highest BCUT2D eigenvalue weighted by Gasteiger charge is 2.33. The van der Waals surface area contributed by atoms with Gasteiger partial charge in [0, 0.05) is 57.2 Å². The van der Waals surface area contributed by atoms with E-state index in [1.807, 2.05) is 18.4 Å². The minimum absolute atomic E-state index is 0.0429. The van der Waals surface area contributed by atoms with E-state index in [0.717, 1.165) is 11.1 Å². The Morgan fingerprint density at radius 1 is 1.25 bits per heavy atom. The summed E-state index contributed by atoms with van der Waals surface area (Å²) in [5.74, 6) is -0.905. The number of pyridine rings is 1. The molecule has 0 saturated heterocycles. The molecule has 182 valence electrons. The minimum atomic E-state index is -0.704. The maximum Gasteiger partial charge on any atom is 0.267 e. The fourth-order valence-corrected chi connectivity index (χ4v) is 4.47. The van der Waals surface area contributed by atoms with Crippen LogP contribution in [0.4, 0.5) is 10.1 Å². The zero-order valence-corrected chi connectivity index (χ0v) is 20.1. The average molecular weight is 485 g/mol. The van der Waals surface area contributed by atoms with Gasteiger partial charge < -0.3 is 26.2 Å². The quantitative estimate of drug-likeness (QED) is 0.257. The summed E-state index contributed by atoms with van der Waals surface area (Å²) in [6, 6.07) is 15.0. The van der Waals surface area contributed by atoms with Gasteiger partial charge in [0.1, 0.15) is 11.5 Å². The smallest absolute Gasteiger partial charge is 0.267 e. The normalized spacial score (nSPS) is 11.3. The molecule has 0 atom stereocenters. The third kappa shape index (κ3) is 4.03. The van der Waals surface area contributed by atoms with E-state index in [1.165, 1.54) is 31.5 Å². The summed E-state index contributed by atoms with van der Waals surface area (Å²) in [7, 11) is 1.44. The molecule has 0 spiro atoms. The summed E-state index contributed by atoms with van der Waals surface area (Å²) in [4.78, 5) is 16.1. The number of aromatic nitrogens is 2. The number of ether oxygens (including phenoxy) is 1. The number of nitrogen functional groups attached to an aromatic ring is 1. The zero-order valence-electron chi connectivity index (χ0n) is 20.1. The SMILES string of the molecule is COc1nc(C(N)=O)ccc1-c1c(C(C)(C)CC#N)n(-c2ccc(F)cc2)c2cc(C=N)c(N)cc12. The Morgan fingerprint density at radius 3 is 2.53 bits per heavy atom. The van der Waals surface area contributed by atoms with Crippen LogP contribution in [0.25, 0.3) is 27.7 Å². The van der Waals surface area contributed by atoms with Gasteiger partial charge in [-0.3, -0.25) is 4.79 Å². The molecule has 2 aromatic carbocycles. The maximum absolute atomic E-state index is 13.9. The van der Waals surface area contributed by atoms with E-state index < -0.39 is 11.3 Å². The molecule has 2 heterocycles. The van der Waals surface area contributed by atoms with Crippen LogP contribution in [0.15, 0.2) is 48.5 Å². The summed E-state index contributed by atoms with van der Waals surface area (Å²) in [5.41, 5.74) is 15.3. The van der Waals surface area contributed by atoms with Crippen molar-refractivity contribution in [3.8, 4) is 28.8 Å². The van der Waals surface area contributed by atoms with Crippen molar-refractivity contribution in [1.82, 2.24) is 9.55 Å². The second kappa shape index (κ2) is 9.15. The van der Waals surface area contributed by atoms with Crippen molar-refractivity contribution in [1.29, 1.82) is 10.7 Å². The number of primary amides is 1. The summed E-state index contributed by atoms with van der Waals surface area (Å²) in [6.45, 7) is 3.87. The van der Waals surface area contributed by atoms with E-state index in [2.05, 4.69) is 11.1 Å². The second-order valence-electron chi connectivity index (χ2n) is 9.01. The van der Waals surface area contributed by atoms with Gasteiger partial charge in [0.15, 0.2) is 0 Å². The Morgan fingerprint density at radius 2 is 1.94 bits per heavy atom. The summed E-state index contributed by atoms with van der Waals surface area (Å²) in [6.07, 6.45) is 1.33. The molecular weight excluding hydrogens is 459 g/mol. The first kappa shape index (κ1) is 24.4. The van der Waals surface area contributed by atoms with Gasteiger partial charge in [0.25, 0.3) is 5.91 Å². The van der Waals surface area contributed by atoms with Crippen molar-refractivity contribution >= 4 is 28.7 Å². The monoisotopic (exact) mass is 484 g/mol. The van der Waals surface area contributed by atoms with Gasteiger partial charge >= 0.3 is 0 Å². The van der Waals surface area contributed by atoms with Crippen LogP contribution >= 0.6 is 0 Å². The van der Waals surface area contributed by atoms with Crippen LogP contribution in [0.3, 0.4) is 0 Å². The second-order valence-corrected chi connectivity index (χ2v) is 9.01. The van der Waals surface area contributed by atoms with Crippen LogP contribution in [0, 0.1) is 22.6 Å². The van der Waals surface area contributed by atoms with E-state index in [4.69, 9.17) is 21.6 Å². The molecule has 8 nitrogen and oxygen atoms in total. The first-order valence-corrected chi connectivity index (χ1v) is 11.1. The molecular formula is C27H25FN6O2. The number of rotatable bonds is 7. The van der Waals surface area contributed by atoms with Crippen molar-refractivity contribution in [2.75, 3.05) is 12.8 Å². The van der Waals surface area contributed by atoms with Crippen LogP contribution < -0.4 is 16.2 Å². The summed E-state index contributed by atoms with van der Waals surface area (Å²) < 4.78 is 21.4. The molecule has 0 aliphatic heterocycles. The first-order valence-electron chi connectivity index (χ1n) is 11.1. The molecule has 0 saturated carbocycles. The molecule has 0 radical (unpaired) electrons. The lowest BCUT2D eigenvalue weighted by molar-refractivity contribution is 0.0994. The molecule has 4 aromatic rings. The van der Waals surface area contributed by atoms with Crippen molar-refractivity contribution in [3.05, 3.63) is 71.3 Å². The molecule has 4 rings (SSSR count). The number of fused-ring (bicyclic) bond motifs is 1. The van der Waals surface area contributed by atoms with Crippen LogP contribution in [0.5, 0.6) is 5.88 Å². The van der Waals surface area contributed by atoms with Crippen molar-refractivity contribution in [3.63, 3.8) is 0 Å². The molecule has 0 bridgehead atoms. The number of hydrogen-bond acceptors (Lipinski definition) is 6. The lowest BCUT2D eigenvalue weighted by Crippen LogP contribution is -2.22. The number of carbonyl (C=O) groups excluding carboxylic acids is 1. The van der Waals surface area contributed by atoms with Crippen LogP contribution in [-0.2, 0) is 5.41 Å². The third-order valence-corrected chi connectivity index (χ3v) is 6.15. The highest BCUT2D eigenvalue weighted by Crippen LogP contribution is 2.47. The average Bonchev–Trinajstić information content (AvgIpc) is 3.18. The number of nitrogens with two attached hydrogens (primary N) is 2. The van der Waals surface area contributed by atoms with Crippen molar-refractivity contribution in [2.24, 2.45) is 5.73 Å². The number of nitrogens with one attached hydrogen (secondary N) is 1. The number of nitriles is 1. The molecule has 5 N–H and O–H groups in total. The standard InChI is InChI=1S/C27H25FN6O2/c1-27(2,10-11-29)24-23(18-8-9-21(25(32)35)33-26(18)36-3)19-13-20(31)15(14-30)12-22(19)34(24)17-6-4-16(28)5-7-17/h4-9,12-14,30H,10,31H2,1-3H3,(H2,32,35). The molecule has 0 aliphatic rings. The van der Waals surface area contributed by atoms with Gasteiger partial charge in [-0.25, -0.2) is 9.37 Å². The van der Waals surface area contributed by atoms with Crippen LogP contribution in [0.2, 0.25) is 0 Å². The molecule has 0 fully saturated rings. The number of amides is 1. The molecule has 0 unspecified atom stereocenters. The molecule has 2 aromatic heterocycles. The Hall–Kier alpha value is -4.71. The summed E-state index contributed by atoms with van der Waals surface area (Å²) in [5, 5.41) is 18.2. The predicted molar refractivity (Wildman–Crippen MR) is 137 cm³/mol. The van der Waals surface area contributed by atoms with E-state index in [0.29, 0.717) is 33.6 Å². The van der Waals surface area contributed by atoms with E-state index in [9.17, 15) is 14.4 Å². The Labute approximate surface area is 207 Å².